The Balaban J connectivity index is 1.81. The van der Waals surface area contributed by atoms with Gasteiger partial charge in [0.15, 0.2) is 0 Å². The zero-order chi connectivity index (χ0) is 15.4. The SMILES string of the molecule is Cc1oc(C(C)C)cc1C(=O)NCC[C@@H]1CCCN(C)C1. The Labute approximate surface area is 127 Å². The molecule has 0 radical (unpaired) electrons. The summed E-state index contributed by atoms with van der Waals surface area (Å²) < 4.78 is 5.64. The molecule has 4 heteroatoms. The molecule has 118 valence electrons. The van der Waals surface area contributed by atoms with E-state index in [2.05, 4.69) is 31.1 Å². The Morgan fingerprint density at radius 2 is 2.29 bits per heavy atom. The second-order valence-electron chi connectivity index (χ2n) is 6.59. The third kappa shape index (κ3) is 4.34. The first-order valence-electron chi connectivity index (χ1n) is 8.04. The van der Waals surface area contributed by atoms with Crippen molar-refractivity contribution in [2.45, 2.75) is 46.0 Å². The van der Waals surface area contributed by atoms with Gasteiger partial charge >= 0.3 is 0 Å². The number of likely N-dealkylation sites (tertiary alicyclic amines) is 1. The van der Waals surface area contributed by atoms with E-state index in [9.17, 15) is 4.79 Å². The summed E-state index contributed by atoms with van der Waals surface area (Å²) in [5.74, 6) is 2.61. The van der Waals surface area contributed by atoms with Crippen molar-refractivity contribution in [1.82, 2.24) is 10.2 Å². The van der Waals surface area contributed by atoms with Crippen molar-refractivity contribution in [1.29, 1.82) is 0 Å². The van der Waals surface area contributed by atoms with Gasteiger partial charge in [0.05, 0.1) is 5.56 Å². The van der Waals surface area contributed by atoms with Crippen molar-refractivity contribution in [3.05, 3.63) is 23.2 Å². The van der Waals surface area contributed by atoms with E-state index in [0.717, 1.165) is 25.3 Å². The maximum atomic E-state index is 12.2. The number of amides is 1. The predicted molar refractivity (Wildman–Crippen MR) is 84.7 cm³/mol. The molecule has 1 aromatic heterocycles. The molecule has 1 fully saturated rings. The lowest BCUT2D eigenvalue weighted by Gasteiger charge is -2.29. The summed E-state index contributed by atoms with van der Waals surface area (Å²) in [4.78, 5) is 14.6. The third-order valence-corrected chi connectivity index (χ3v) is 4.31. The molecule has 0 bridgehead atoms. The Kier molecular flexibility index (Phi) is 5.45. The summed E-state index contributed by atoms with van der Waals surface area (Å²) in [6, 6.07) is 1.88. The van der Waals surface area contributed by atoms with Crippen LogP contribution >= 0.6 is 0 Å². The Hall–Kier alpha value is -1.29. The van der Waals surface area contributed by atoms with E-state index in [1.165, 1.54) is 19.4 Å². The standard InChI is InChI=1S/C17H28N2O2/c1-12(2)16-10-15(13(3)21-16)17(20)18-8-7-14-6-5-9-19(4)11-14/h10,12,14H,5-9,11H2,1-4H3,(H,18,20)/t14-/m0/s1. The van der Waals surface area contributed by atoms with Gasteiger partial charge in [0.1, 0.15) is 11.5 Å². The van der Waals surface area contributed by atoms with E-state index in [1.807, 2.05) is 13.0 Å². The van der Waals surface area contributed by atoms with Crippen LogP contribution in [0.1, 0.15) is 60.9 Å². The number of carbonyl (C=O) groups is 1. The first kappa shape index (κ1) is 16.1. The molecule has 4 nitrogen and oxygen atoms in total. The molecule has 2 rings (SSSR count). The molecule has 0 aliphatic carbocycles. The van der Waals surface area contributed by atoms with Crippen molar-refractivity contribution in [3.8, 4) is 0 Å². The van der Waals surface area contributed by atoms with Crippen LogP contribution in [0.2, 0.25) is 0 Å². The molecule has 21 heavy (non-hydrogen) atoms. The lowest BCUT2D eigenvalue weighted by Crippen LogP contribution is -2.34. The zero-order valence-electron chi connectivity index (χ0n) is 13.7. The second kappa shape index (κ2) is 7.12. The Morgan fingerprint density at radius 1 is 1.52 bits per heavy atom. The molecular weight excluding hydrogens is 264 g/mol. The highest BCUT2D eigenvalue weighted by Gasteiger charge is 2.19. The number of nitrogens with zero attached hydrogens (tertiary/aromatic N) is 1. The molecule has 1 aromatic rings. The van der Waals surface area contributed by atoms with E-state index in [1.54, 1.807) is 0 Å². The van der Waals surface area contributed by atoms with Gasteiger partial charge in [-0.05, 0) is 51.8 Å². The van der Waals surface area contributed by atoms with Crippen LogP contribution in [0.5, 0.6) is 0 Å². The van der Waals surface area contributed by atoms with Crippen molar-refractivity contribution in [3.63, 3.8) is 0 Å². The molecule has 0 aromatic carbocycles. The normalized spacial score (nSPS) is 20.0. The number of nitrogens with one attached hydrogen (secondary N) is 1. The van der Waals surface area contributed by atoms with Crippen molar-refractivity contribution in [2.75, 3.05) is 26.7 Å². The molecule has 0 spiro atoms. The van der Waals surface area contributed by atoms with Crippen LogP contribution in [0.4, 0.5) is 0 Å². The van der Waals surface area contributed by atoms with E-state index in [4.69, 9.17) is 4.42 Å². The highest BCUT2D eigenvalue weighted by molar-refractivity contribution is 5.95. The van der Waals surface area contributed by atoms with Gasteiger partial charge in [-0.25, -0.2) is 0 Å². The fourth-order valence-electron chi connectivity index (χ4n) is 3.01. The van der Waals surface area contributed by atoms with Crippen LogP contribution in [0.15, 0.2) is 10.5 Å². The minimum Gasteiger partial charge on any atom is -0.465 e. The van der Waals surface area contributed by atoms with Crippen molar-refractivity contribution in [2.24, 2.45) is 5.92 Å². The molecule has 1 aliphatic rings. The summed E-state index contributed by atoms with van der Waals surface area (Å²) >= 11 is 0. The molecule has 0 unspecified atom stereocenters. The lowest BCUT2D eigenvalue weighted by molar-refractivity contribution is 0.0947. The average molecular weight is 292 g/mol. The Morgan fingerprint density at radius 3 is 2.90 bits per heavy atom. The monoisotopic (exact) mass is 292 g/mol. The van der Waals surface area contributed by atoms with Crippen LogP contribution in [0.3, 0.4) is 0 Å². The van der Waals surface area contributed by atoms with E-state index in [0.29, 0.717) is 23.2 Å². The maximum Gasteiger partial charge on any atom is 0.254 e. The summed E-state index contributed by atoms with van der Waals surface area (Å²) in [5.41, 5.74) is 0.680. The van der Waals surface area contributed by atoms with Gasteiger partial charge in [0.25, 0.3) is 5.91 Å². The summed E-state index contributed by atoms with van der Waals surface area (Å²) in [7, 11) is 2.17. The van der Waals surface area contributed by atoms with Crippen LogP contribution in [-0.2, 0) is 0 Å². The van der Waals surface area contributed by atoms with Crippen LogP contribution in [-0.4, -0.2) is 37.5 Å². The van der Waals surface area contributed by atoms with Gasteiger partial charge in [-0.1, -0.05) is 13.8 Å². The summed E-state index contributed by atoms with van der Waals surface area (Å²) in [6.45, 7) is 9.10. The lowest BCUT2D eigenvalue weighted by atomic mass is 9.95. The van der Waals surface area contributed by atoms with Crippen molar-refractivity contribution < 1.29 is 9.21 Å². The highest BCUT2D eigenvalue weighted by Crippen LogP contribution is 2.22. The minimum absolute atomic E-state index is 0.00712. The van der Waals surface area contributed by atoms with Crippen LogP contribution in [0.25, 0.3) is 0 Å². The first-order valence-corrected chi connectivity index (χ1v) is 8.04. The fourth-order valence-corrected chi connectivity index (χ4v) is 3.01. The quantitative estimate of drug-likeness (QED) is 0.906. The Bertz CT molecular complexity index is 479. The molecule has 0 saturated carbocycles. The van der Waals surface area contributed by atoms with Gasteiger partial charge in [0.2, 0.25) is 0 Å². The summed E-state index contributed by atoms with van der Waals surface area (Å²) in [5, 5.41) is 3.04. The highest BCUT2D eigenvalue weighted by atomic mass is 16.3. The largest absolute Gasteiger partial charge is 0.465 e. The average Bonchev–Trinajstić information content (AvgIpc) is 2.81. The number of rotatable bonds is 5. The second-order valence-corrected chi connectivity index (χ2v) is 6.59. The zero-order valence-corrected chi connectivity index (χ0v) is 13.7. The number of furan rings is 1. The third-order valence-electron chi connectivity index (χ3n) is 4.31. The van der Waals surface area contributed by atoms with Gasteiger partial charge in [0, 0.05) is 19.0 Å². The van der Waals surface area contributed by atoms with E-state index in [-0.39, 0.29) is 5.91 Å². The first-order chi connectivity index (χ1) is 9.97. The molecule has 1 N–H and O–H groups in total. The number of carbonyl (C=O) groups excluding carboxylic acids is 1. The van der Waals surface area contributed by atoms with Gasteiger partial charge in [-0.3, -0.25) is 4.79 Å². The van der Waals surface area contributed by atoms with E-state index >= 15 is 0 Å². The molecule has 2 heterocycles. The molecule has 1 amide bonds. The molecule has 1 saturated heterocycles. The van der Waals surface area contributed by atoms with Gasteiger partial charge in [-0.2, -0.15) is 0 Å². The topological polar surface area (TPSA) is 45.5 Å². The summed E-state index contributed by atoms with van der Waals surface area (Å²) in [6.07, 6.45) is 3.61. The number of hydrogen-bond acceptors (Lipinski definition) is 3. The smallest absolute Gasteiger partial charge is 0.254 e. The fraction of sp³-hybridized carbons (Fsp3) is 0.706. The molecular formula is C17H28N2O2. The van der Waals surface area contributed by atoms with Crippen molar-refractivity contribution >= 4 is 5.91 Å². The van der Waals surface area contributed by atoms with Gasteiger partial charge < -0.3 is 14.6 Å². The molecule has 1 aliphatic heterocycles. The number of hydrogen-bond donors (Lipinski definition) is 1. The van der Waals surface area contributed by atoms with E-state index < -0.39 is 0 Å². The predicted octanol–water partition coefficient (Wildman–Crippen LogP) is 3.17. The maximum absolute atomic E-state index is 12.2. The number of piperidine rings is 1. The minimum atomic E-state index is -0.00712. The molecule has 1 atom stereocenters. The number of aryl methyl sites for hydroxylation is 1. The van der Waals surface area contributed by atoms with Gasteiger partial charge in [-0.15, -0.1) is 0 Å². The van der Waals surface area contributed by atoms with Crippen LogP contribution in [0, 0.1) is 12.8 Å². The van der Waals surface area contributed by atoms with Crippen LogP contribution < -0.4 is 5.32 Å².